The Bertz CT molecular complexity index is 934. The van der Waals surface area contributed by atoms with Crippen LogP contribution in [0.4, 0.5) is 4.79 Å². The number of imide groups is 1. The highest BCUT2D eigenvalue weighted by atomic mass is 35.5. The summed E-state index contributed by atoms with van der Waals surface area (Å²) in [6.07, 6.45) is 2.53. The first kappa shape index (κ1) is 19.1. The van der Waals surface area contributed by atoms with E-state index in [0.717, 1.165) is 40.8 Å². The molecule has 4 nitrogen and oxygen atoms in total. The quantitative estimate of drug-likeness (QED) is 0.595. The average molecular weight is 409 g/mol. The van der Waals surface area contributed by atoms with Gasteiger partial charge in [-0.3, -0.25) is 14.5 Å². The van der Waals surface area contributed by atoms with Crippen molar-refractivity contribution < 1.29 is 9.59 Å². The number of aromatic nitrogens is 1. The third kappa shape index (κ3) is 3.43. The van der Waals surface area contributed by atoms with Gasteiger partial charge >= 0.3 is 0 Å². The molecule has 0 saturated carbocycles. The van der Waals surface area contributed by atoms with Crippen molar-refractivity contribution in [3.63, 3.8) is 0 Å². The number of amides is 2. The van der Waals surface area contributed by atoms with Crippen LogP contribution in [-0.2, 0) is 4.79 Å². The molecule has 2 heterocycles. The molecule has 0 radical (unpaired) electrons. The summed E-state index contributed by atoms with van der Waals surface area (Å²) in [6.45, 7) is 6.32. The van der Waals surface area contributed by atoms with Crippen molar-refractivity contribution in [3.8, 4) is 5.69 Å². The highest BCUT2D eigenvalue weighted by molar-refractivity contribution is 8.18. The van der Waals surface area contributed by atoms with E-state index in [1.165, 1.54) is 4.90 Å². The van der Waals surface area contributed by atoms with E-state index in [4.69, 9.17) is 23.2 Å². The zero-order valence-corrected chi connectivity index (χ0v) is 17.0. The monoisotopic (exact) mass is 408 g/mol. The zero-order chi connectivity index (χ0) is 19.0. The van der Waals surface area contributed by atoms with Gasteiger partial charge < -0.3 is 4.57 Å². The van der Waals surface area contributed by atoms with E-state index in [9.17, 15) is 9.59 Å². The fourth-order valence-corrected chi connectivity index (χ4v) is 4.37. The topological polar surface area (TPSA) is 42.3 Å². The molecule has 26 heavy (non-hydrogen) atoms. The standard InChI is InChI=1S/C19H18Cl2N2O2S/c1-4-7-22-18(24)17(26-19(22)25)9-13-8-11(2)23(12(13)3)16-6-5-14(20)10-15(16)21/h5-6,8-10H,4,7H2,1-3H3/b17-9+. The summed E-state index contributed by atoms with van der Waals surface area (Å²) >= 11 is 13.3. The molecule has 0 spiro atoms. The SMILES string of the molecule is CCCN1C(=O)S/C(=C/c2cc(C)n(-c3ccc(Cl)cc3Cl)c2C)C1=O. The van der Waals surface area contributed by atoms with Crippen LogP contribution in [-0.4, -0.2) is 27.2 Å². The molecule has 1 aliphatic rings. The minimum atomic E-state index is -0.226. The van der Waals surface area contributed by atoms with Crippen molar-refractivity contribution in [2.45, 2.75) is 27.2 Å². The van der Waals surface area contributed by atoms with Crippen LogP contribution in [0.1, 0.15) is 30.3 Å². The fraction of sp³-hybridized carbons (Fsp3) is 0.263. The predicted octanol–water partition coefficient (Wildman–Crippen LogP) is 5.85. The second kappa shape index (κ2) is 7.51. The van der Waals surface area contributed by atoms with Gasteiger partial charge in [-0.15, -0.1) is 0 Å². The van der Waals surface area contributed by atoms with Crippen molar-refractivity contribution in [3.05, 3.63) is 56.2 Å². The largest absolute Gasteiger partial charge is 0.316 e. The normalized spacial score (nSPS) is 16.2. The summed E-state index contributed by atoms with van der Waals surface area (Å²) in [6, 6.07) is 7.34. The highest BCUT2D eigenvalue weighted by Crippen LogP contribution is 2.34. The Hall–Kier alpha value is -1.69. The second-order valence-electron chi connectivity index (χ2n) is 6.09. The molecule has 1 aromatic carbocycles. The van der Waals surface area contributed by atoms with Crippen LogP contribution in [0, 0.1) is 13.8 Å². The number of hydrogen-bond acceptors (Lipinski definition) is 3. The number of nitrogens with zero attached hydrogens (tertiary/aromatic N) is 2. The summed E-state index contributed by atoms with van der Waals surface area (Å²) in [7, 11) is 0. The van der Waals surface area contributed by atoms with Crippen molar-refractivity contribution in [2.24, 2.45) is 0 Å². The molecular weight excluding hydrogens is 391 g/mol. The molecule has 3 rings (SSSR count). The number of aryl methyl sites for hydroxylation is 1. The molecule has 2 aromatic rings. The molecule has 1 aromatic heterocycles. The van der Waals surface area contributed by atoms with Crippen LogP contribution in [0.25, 0.3) is 11.8 Å². The van der Waals surface area contributed by atoms with E-state index >= 15 is 0 Å². The first-order valence-electron chi connectivity index (χ1n) is 8.23. The Morgan fingerprint density at radius 2 is 1.88 bits per heavy atom. The number of halogens is 2. The maximum absolute atomic E-state index is 12.4. The number of rotatable bonds is 4. The van der Waals surface area contributed by atoms with Gasteiger partial charge in [-0.25, -0.2) is 0 Å². The molecule has 7 heteroatoms. The van der Waals surface area contributed by atoms with E-state index < -0.39 is 0 Å². The fourth-order valence-electron chi connectivity index (χ4n) is 3.02. The van der Waals surface area contributed by atoms with Crippen molar-refractivity contribution >= 4 is 52.2 Å². The van der Waals surface area contributed by atoms with Crippen molar-refractivity contribution in [1.82, 2.24) is 9.47 Å². The first-order chi connectivity index (χ1) is 12.3. The molecule has 0 unspecified atom stereocenters. The van der Waals surface area contributed by atoms with Gasteiger partial charge in [0, 0.05) is 23.0 Å². The lowest BCUT2D eigenvalue weighted by Crippen LogP contribution is -2.28. The van der Waals surface area contributed by atoms with E-state index in [-0.39, 0.29) is 11.1 Å². The summed E-state index contributed by atoms with van der Waals surface area (Å²) in [5.41, 5.74) is 3.63. The van der Waals surface area contributed by atoms with Crippen LogP contribution >= 0.6 is 35.0 Å². The molecule has 1 saturated heterocycles. The molecule has 0 N–H and O–H groups in total. The van der Waals surface area contributed by atoms with E-state index in [2.05, 4.69) is 0 Å². The number of benzene rings is 1. The summed E-state index contributed by atoms with van der Waals surface area (Å²) in [4.78, 5) is 26.2. The summed E-state index contributed by atoms with van der Waals surface area (Å²) in [5, 5.41) is 0.915. The molecule has 0 aliphatic carbocycles. The van der Waals surface area contributed by atoms with Gasteiger partial charge in [0.1, 0.15) is 0 Å². The molecular formula is C19H18Cl2N2O2S. The number of carbonyl (C=O) groups excluding carboxylic acids is 2. The van der Waals surface area contributed by atoms with Gasteiger partial charge in [0.25, 0.3) is 11.1 Å². The number of hydrogen-bond donors (Lipinski definition) is 0. The lowest BCUT2D eigenvalue weighted by Gasteiger charge is -2.12. The molecule has 0 bridgehead atoms. The zero-order valence-electron chi connectivity index (χ0n) is 14.7. The lowest BCUT2D eigenvalue weighted by atomic mass is 10.2. The van der Waals surface area contributed by atoms with Crippen LogP contribution in [0.3, 0.4) is 0 Å². The van der Waals surface area contributed by atoms with Gasteiger partial charge in [0.15, 0.2) is 0 Å². The maximum atomic E-state index is 12.4. The molecule has 0 atom stereocenters. The molecule has 136 valence electrons. The van der Waals surface area contributed by atoms with Gasteiger partial charge in [-0.1, -0.05) is 30.1 Å². The smallest absolute Gasteiger partial charge is 0.293 e. The Balaban J connectivity index is 2.01. The van der Waals surface area contributed by atoms with Crippen LogP contribution in [0.2, 0.25) is 10.0 Å². The average Bonchev–Trinajstić information content (AvgIpc) is 2.99. The Morgan fingerprint density at radius 1 is 1.15 bits per heavy atom. The Morgan fingerprint density at radius 3 is 2.54 bits per heavy atom. The van der Waals surface area contributed by atoms with E-state index in [1.54, 1.807) is 18.2 Å². The Labute approximate surface area is 166 Å². The molecule has 1 fully saturated rings. The third-order valence-corrected chi connectivity index (χ3v) is 5.67. The summed E-state index contributed by atoms with van der Waals surface area (Å²) < 4.78 is 2.01. The molecule has 1 aliphatic heterocycles. The van der Waals surface area contributed by atoms with Crippen LogP contribution in [0.15, 0.2) is 29.2 Å². The highest BCUT2D eigenvalue weighted by Gasteiger charge is 2.34. The minimum absolute atomic E-state index is 0.211. The van der Waals surface area contributed by atoms with Crippen LogP contribution < -0.4 is 0 Å². The maximum Gasteiger partial charge on any atom is 0.293 e. The Kier molecular flexibility index (Phi) is 5.51. The third-order valence-electron chi connectivity index (χ3n) is 4.23. The number of carbonyl (C=O) groups is 2. The van der Waals surface area contributed by atoms with Crippen molar-refractivity contribution in [1.29, 1.82) is 0 Å². The number of thioether (sulfide) groups is 1. The lowest BCUT2D eigenvalue weighted by molar-refractivity contribution is -0.122. The van der Waals surface area contributed by atoms with Crippen LogP contribution in [0.5, 0.6) is 0 Å². The first-order valence-corrected chi connectivity index (χ1v) is 9.80. The van der Waals surface area contributed by atoms with Gasteiger partial charge in [-0.05, 0) is 67.9 Å². The van der Waals surface area contributed by atoms with Gasteiger partial charge in [0.2, 0.25) is 0 Å². The predicted molar refractivity (Wildman–Crippen MR) is 108 cm³/mol. The van der Waals surface area contributed by atoms with E-state index in [1.807, 2.05) is 37.5 Å². The molecule has 2 amide bonds. The van der Waals surface area contributed by atoms with Gasteiger partial charge in [-0.2, -0.15) is 0 Å². The minimum Gasteiger partial charge on any atom is -0.316 e. The van der Waals surface area contributed by atoms with E-state index in [0.29, 0.717) is 21.5 Å². The second-order valence-corrected chi connectivity index (χ2v) is 7.93. The van der Waals surface area contributed by atoms with Crippen molar-refractivity contribution in [2.75, 3.05) is 6.54 Å². The summed E-state index contributed by atoms with van der Waals surface area (Å²) in [5.74, 6) is -0.226. The van der Waals surface area contributed by atoms with Gasteiger partial charge in [0.05, 0.1) is 15.6 Å².